The van der Waals surface area contributed by atoms with Crippen molar-refractivity contribution in [2.45, 2.75) is 6.42 Å². The molecule has 0 fully saturated rings. The van der Waals surface area contributed by atoms with E-state index >= 15 is 0 Å². The maximum absolute atomic E-state index is 11.4. The predicted octanol–water partition coefficient (Wildman–Crippen LogP) is -0.325. The zero-order valence-corrected chi connectivity index (χ0v) is 11.5. The minimum absolute atomic E-state index is 0.0645. The summed E-state index contributed by atoms with van der Waals surface area (Å²) >= 11 is 4.90. The van der Waals surface area contributed by atoms with Gasteiger partial charge in [0.1, 0.15) is 4.99 Å². The highest BCUT2D eigenvalue weighted by Gasteiger charge is 2.07. The summed E-state index contributed by atoms with van der Waals surface area (Å²) in [4.78, 5) is 11.7. The van der Waals surface area contributed by atoms with Gasteiger partial charge in [0.15, 0.2) is 5.82 Å². The third kappa shape index (κ3) is 5.58. The smallest absolute Gasteiger partial charge is 0.221 e. The summed E-state index contributed by atoms with van der Waals surface area (Å²) in [6, 6.07) is 1.68. The van der Waals surface area contributed by atoms with Gasteiger partial charge in [0.2, 0.25) is 5.91 Å². The van der Waals surface area contributed by atoms with Gasteiger partial charge in [-0.2, -0.15) is 5.10 Å². The molecule has 104 valence electrons. The number of carbonyl (C=O) groups excluding carboxylic acids is 1. The fourth-order valence-electron chi connectivity index (χ4n) is 1.34. The molecule has 0 saturated heterocycles. The van der Waals surface area contributed by atoms with Crippen molar-refractivity contribution in [1.29, 1.82) is 0 Å². The first-order chi connectivity index (χ1) is 9.15. The second kappa shape index (κ2) is 8.33. The third-order valence-corrected chi connectivity index (χ3v) is 2.48. The molecule has 0 aliphatic heterocycles. The van der Waals surface area contributed by atoms with Gasteiger partial charge in [0, 0.05) is 26.6 Å². The zero-order chi connectivity index (χ0) is 14.1. The summed E-state index contributed by atoms with van der Waals surface area (Å²) in [6.45, 7) is 1.42. The molecule has 19 heavy (non-hydrogen) atoms. The maximum Gasteiger partial charge on any atom is 0.221 e. The lowest BCUT2D eigenvalue weighted by Gasteiger charge is -2.09. The van der Waals surface area contributed by atoms with Gasteiger partial charge in [-0.05, 0) is 6.07 Å². The van der Waals surface area contributed by atoms with Crippen LogP contribution in [-0.2, 0) is 9.53 Å². The summed E-state index contributed by atoms with van der Waals surface area (Å²) in [5.41, 5.74) is 6.17. The second-order valence-corrected chi connectivity index (χ2v) is 4.12. The molecule has 0 bridgehead atoms. The van der Waals surface area contributed by atoms with E-state index in [1.165, 1.54) is 6.20 Å². The van der Waals surface area contributed by atoms with Crippen molar-refractivity contribution in [2.24, 2.45) is 5.73 Å². The number of nitrogens with one attached hydrogen (secondary N) is 2. The Morgan fingerprint density at radius 3 is 3.00 bits per heavy atom. The number of ether oxygens (including phenoxy) is 1. The summed E-state index contributed by atoms with van der Waals surface area (Å²) < 4.78 is 4.83. The number of carbonyl (C=O) groups is 1. The van der Waals surface area contributed by atoms with Crippen molar-refractivity contribution in [3.8, 4) is 0 Å². The highest BCUT2D eigenvalue weighted by molar-refractivity contribution is 7.80. The summed E-state index contributed by atoms with van der Waals surface area (Å²) in [5, 5.41) is 13.3. The minimum Gasteiger partial charge on any atom is -0.389 e. The number of hydrogen-bond donors (Lipinski definition) is 3. The summed E-state index contributed by atoms with van der Waals surface area (Å²) in [7, 11) is 1.58. The molecule has 1 aromatic rings. The Labute approximate surface area is 116 Å². The van der Waals surface area contributed by atoms with E-state index in [9.17, 15) is 4.79 Å². The van der Waals surface area contributed by atoms with E-state index in [4.69, 9.17) is 22.7 Å². The molecule has 0 aromatic carbocycles. The SMILES string of the molecule is COCCNC(=O)CCNc1nnccc1C(N)=S. The number of hydrogen-bond acceptors (Lipinski definition) is 6. The lowest BCUT2D eigenvalue weighted by atomic mass is 10.2. The highest BCUT2D eigenvalue weighted by atomic mass is 32.1. The number of nitrogens with two attached hydrogens (primary N) is 1. The Morgan fingerprint density at radius 2 is 2.32 bits per heavy atom. The van der Waals surface area contributed by atoms with Gasteiger partial charge in [0.05, 0.1) is 18.4 Å². The Bertz CT molecular complexity index is 441. The Balaban J connectivity index is 2.37. The van der Waals surface area contributed by atoms with Crippen LogP contribution in [0.3, 0.4) is 0 Å². The molecule has 1 aromatic heterocycles. The van der Waals surface area contributed by atoms with Crippen LogP contribution in [0.4, 0.5) is 5.82 Å². The van der Waals surface area contributed by atoms with Crippen molar-refractivity contribution in [3.05, 3.63) is 17.8 Å². The first-order valence-electron chi connectivity index (χ1n) is 5.76. The van der Waals surface area contributed by atoms with Crippen molar-refractivity contribution < 1.29 is 9.53 Å². The molecule has 0 aliphatic rings. The summed E-state index contributed by atoms with van der Waals surface area (Å²) in [6.07, 6.45) is 1.83. The average Bonchev–Trinajstić information content (AvgIpc) is 2.39. The molecule has 8 heteroatoms. The third-order valence-electron chi connectivity index (χ3n) is 2.26. The highest BCUT2D eigenvalue weighted by Crippen LogP contribution is 2.09. The minimum atomic E-state index is -0.0645. The van der Waals surface area contributed by atoms with E-state index in [1.54, 1.807) is 13.2 Å². The topological polar surface area (TPSA) is 102 Å². The maximum atomic E-state index is 11.4. The lowest BCUT2D eigenvalue weighted by Crippen LogP contribution is -2.28. The van der Waals surface area contributed by atoms with Crippen molar-refractivity contribution >= 4 is 28.9 Å². The Hall–Kier alpha value is -1.80. The Kier molecular flexibility index (Phi) is 6.69. The van der Waals surface area contributed by atoms with E-state index in [0.717, 1.165) is 0 Å². The van der Waals surface area contributed by atoms with Gasteiger partial charge in [-0.25, -0.2) is 0 Å². The zero-order valence-electron chi connectivity index (χ0n) is 10.7. The largest absolute Gasteiger partial charge is 0.389 e. The van der Waals surface area contributed by atoms with E-state index in [1.807, 2.05) is 0 Å². The molecule has 0 aliphatic carbocycles. The quantitative estimate of drug-likeness (QED) is 0.443. The van der Waals surface area contributed by atoms with Crippen molar-refractivity contribution in [1.82, 2.24) is 15.5 Å². The fourth-order valence-corrected chi connectivity index (χ4v) is 1.50. The van der Waals surface area contributed by atoms with Crippen LogP contribution in [0.25, 0.3) is 0 Å². The molecule has 0 saturated carbocycles. The van der Waals surface area contributed by atoms with Crippen LogP contribution in [0.5, 0.6) is 0 Å². The van der Waals surface area contributed by atoms with Gasteiger partial charge in [-0.3, -0.25) is 4.79 Å². The standard InChI is InChI=1S/C11H17N5O2S/c1-18-7-6-13-9(17)3-4-14-11-8(10(12)19)2-5-15-16-11/h2,5H,3-4,6-7H2,1H3,(H2,12,19)(H,13,17)(H,14,16). The van der Waals surface area contributed by atoms with Crippen LogP contribution in [-0.4, -0.2) is 47.9 Å². The first-order valence-corrected chi connectivity index (χ1v) is 6.17. The van der Waals surface area contributed by atoms with E-state index in [-0.39, 0.29) is 10.9 Å². The molecular weight excluding hydrogens is 266 g/mol. The first kappa shape index (κ1) is 15.3. The number of nitrogens with zero attached hydrogens (tertiary/aromatic N) is 2. The number of anilines is 1. The molecule has 0 unspecified atom stereocenters. The van der Waals surface area contributed by atoms with E-state index in [2.05, 4.69) is 20.8 Å². The van der Waals surface area contributed by atoms with E-state index < -0.39 is 0 Å². The van der Waals surface area contributed by atoms with Crippen molar-refractivity contribution in [3.63, 3.8) is 0 Å². The van der Waals surface area contributed by atoms with Gasteiger partial charge in [-0.15, -0.1) is 5.10 Å². The molecule has 0 spiro atoms. The van der Waals surface area contributed by atoms with E-state index in [0.29, 0.717) is 37.5 Å². The molecule has 7 nitrogen and oxygen atoms in total. The normalized spacial score (nSPS) is 9.95. The molecule has 0 atom stereocenters. The molecular formula is C11H17N5O2S. The molecule has 1 amide bonds. The molecule has 1 rings (SSSR count). The van der Waals surface area contributed by atoms with Crippen LogP contribution in [0.2, 0.25) is 0 Å². The number of aromatic nitrogens is 2. The molecule has 4 N–H and O–H groups in total. The fraction of sp³-hybridized carbons (Fsp3) is 0.455. The predicted molar refractivity (Wildman–Crippen MR) is 75.9 cm³/mol. The van der Waals surface area contributed by atoms with Gasteiger partial charge < -0.3 is 21.1 Å². The number of thiocarbonyl (C=S) groups is 1. The van der Waals surface area contributed by atoms with Crippen LogP contribution in [0, 0.1) is 0 Å². The van der Waals surface area contributed by atoms with Crippen LogP contribution in [0.15, 0.2) is 12.3 Å². The van der Waals surface area contributed by atoms with Gasteiger partial charge >= 0.3 is 0 Å². The molecule has 0 radical (unpaired) electrons. The van der Waals surface area contributed by atoms with Gasteiger partial charge in [0.25, 0.3) is 0 Å². The van der Waals surface area contributed by atoms with Crippen molar-refractivity contribution in [2.75, 3.05) is 32.1 Å². The lowest BCUT2D eigenvalue weighted by molar-refractivity contribution is -0.121. The molecule has 1 heterocycles. The number of methoxy groups -OCH3 is 1. The van der Waals surface area contributed by atoms with Crippen LogP contribution >= 0.6 is 12.2 Å². The number of rotatable bonds is 8. The van der Waals surface area contributed by atoms with Crippen LogP contribution in [0.1, 0.15) is 12.0 Å². The summed E-state index contributed by atoms with van der Waals surface area (Å²) in [5.74, 6) is 0.421. The Morgan fingerprint density at radius 1 is 1.53 bits per heavy atom. The van der Waals surface area contributed by atoms with Crippen LogP contribution < -0.4 is 16.4 Å². The monoisotopic (exact) mass is 283 g/mol. The number of amides is 1. The average molecular weight is 283 g/mol. The second-order valence-electron chi connectivity index (χ2n) is 3.68. The van der Waals surface area contributed by atoms with Gasteiger partial charge in [-0.1, -0.05) is 12.2 Å².